The lowest BCUT2D eigenvalue weighted by atomic mass is 9.98. The Morgan fingerprint density at radius 1 is 0.296 bits per heavy atom. The second-order valence-corrected chi connectivity index (χ2v) is 13.8. The first kappa shape index (κ1) is 31.6. The molecule has 0 aliphatic carbocycles. The van der Waals surface area contributed by atoms with E-state index in [-0.39, 0.29) is 0 Å². The van der Waals surface area contributed by atoms with Crippen LogP contribution >= 0.6 is 0 Å². The largest absolute Gasteiger partial charge is 0.455 e. The third-order valence-corrected chi connectivity index (χ3v) is 10.5. The molecular weight excluding hydrogens is 655 g/mol. The first-order valence-electron chi connectivity index (χ1n) is 18.4. The first-order chi connectivity index (χ1) is 26.7. The number of fused-ring (bicyclic) bond motifs is 4. The number of hydrogen-bond donors (Lipinski definition) is 0. The van der Waals surface area contributed by atoms with E-state index in [9.17, 15) is 0 Å². The summed E-state index contributed by atoms with van der Waals surface area (Å²) in [6.07, 6.45) is 0. The topological polar surface area (TPSA) is 16.4 Å². The van der Waals surface area contributed by atoms with Crippen molar-refractivity contribution in [3.63, 3.8) is 0 Å². The summed E-state index contributed by atoms with van der Waals surface area (Å²) in [4.78, 5) is 2.35. The average molecular weight is 690 g/mol. The zero-order valence-electron chi connectivity index (χ0n) is 29.6. The summed E-state index contributed by atoms with van der Waals surface area (Å²) in [7, 11) is 0. The van der Waals surface area contributed by atoms with Crippen LogP contribution < -0.4 is 4.90 Å². The number of hydrogen-bond acceptors (Lipinski definition) is 2. The van der Waals surface area contributed by atoms with Crippen LogP contribution in [-0.2, 0) is 0 Å². The Morgan fingerprint density at radius 3 is 1.50 bits per heavy atom. The monoisotopic (exact) mass is 689 g/mol. The minimum Gasteiger partial charge on any atom is -0.455 e. The molecule has 0 amide bonds. The molecule has 0 aliphatic rings. The quantitative estimate of drug-likeness (QED) is 0.166. The van der Waals surface area contributed by atoms with Crippen molar-refractivity contribution >= 4 is 49.8 Å². The van der Waals surface area contributed by atoms with E-state index in [0.29, 0.717) is 0 Å². The fraction of sp³-hybridized carbons (Fsp3) is 0. The molecule has 1 heterocycles. The van der Waals surface area contributed by atoms with Gasteiger partial charge in [-0.15, -0.1) is 0 Å². The molecule has 0 atom stereocenters. The molecule has 0 unspecified atom stereocenters. The minimum absolute atomic E-state index is 0.895. The van der Waals surface area contributed by atoms with Gasteiger partial charge in [0.2, 0.25) is 0 Å². The zero-order chi connectivity index (χ0) is 35.8. The molecule has 0 bridgehead atoms. The SMILES string of the molecule is c1ccc(-c2cccc(-c3ccc(N(c4ccc(-c5ccc6oc7c(-c8ccccc8)cccc7c6c5)cc4)c4ccc5ccccc5c4)cc3)c2)cc1. The molecule has 1 aromatic heterocycles. The molecule has 0 saturated heterocycles. The zero-order valence-corrected chi connectivity index (χ0v) is 29.6. The van der Waals surface area contributed by atoms with Crippen LogP contribution in [0.15, 0.2) is 217 Å². The number of rotatable bonds is 7. The summed E-state index contributed by atoms with van der Waals surface area (Å²) in [5.41, 5.74) is 14.5. The molecule has 0 radical (unpaired) electrons. The van der Waals surface area contributed by atoms with Crippen molar-refractivity contribution < 1.29 is 4.42 Å². The number of nitrogens with zero attached hydrogens (tertiary/aromatic N) is 1. The van der Waals surface area contributed by atoms with Gasteiger partial charge in [-0.3, -0.25) is 0 Å². The highest BCUT2D eigenvalue weighted by Gasteiger charge is 2.16. The third kappa shape index (κ3) is 5.81. The fourth-order valence-electron chi connectivity index (χ4n) is 7.70. The van der Waals surface area contributed by atoms with E-state index in [1.165, 1.54) is 33.0 Å². The van der Waals surface area contributed by atoms with Crippen LogP contribution in [0.25, 0.3) is 77.2 Å². The number of anilines is 3. The van der Waals surface area contributed by atoms with Crippen LogP contribution in [0, 0.1) is 0 Å². The van der Waals surface area contributed by atoms with Crippen LogP contribution in [0.4, 0.5) is 17.1 Å². The number of benzene rings is 9. The van der Waals surface area contributed by atoms with Crippen LogP contribution in [0.5, 0.6) is 0 Å². The summed E-state index contributed by atoms with van der Waals surface area (Å²) < 4.78 is 6.46. The van der Waals surface area contributed by atoms with E-state index in [1.807, 2.05) is 6.07 Å². The summed E-state index contributed by atoms with van der Waals surface area (Å²) in [6.45, 7) is 0. The highest BCUT2D eigenvalue weighted by Crippen LogP contribution is 2.40. The molecule has 254 valence electrons. The second-order valence-electron chi connectivity index (χ2n) is 13.8. The van der Waals surface area contributed by atoms with Crippen LogP contribution in [-0.4, -0.2) is 0 Å². The summed E-state index contributed by atoms with van der Waals surface area (Å²) >= 11 is 0. The molecule has 2 nitrogen and oxygen atoms in total. The highest BCUT2D eigenvalue weighted by molar-refractivity contribution is 6.10. The van der Waals surface area contributed by atoms with Gasteiger partial charge in [-0.05, 0) is 104 Å². The smallest absolute Gasteiger partial charge is 0.143 e. The summed E-state index contributed by atoms with van der Waals surface area (Å²) in [5.74, 6) is 0. The standard InChI is InChI=1S/C52H35NO/c1-3-11-36(12-4-1)41-17-9-18-42(33-41)38-21-27-45(28-22-38)53(47-31-25-37-13-7-8-16-43(37)34-47)46-29-23-39(24-30-46)44-26-32-51-50(35-44)49-20-10-19-48(52(49)54-51)40-14-5-2-6-15-40/h1-35H. The minimum atomic E-state index is 0.895. The molecule has 10 aromatic rings. The lowest BCUT2D eigenvalue weighted by molar-refractivity contribution is 0.670. The first-order valence-corrected chi connectivity index (χ1v) is 18.4. The summed E-state index contributed by atoms with van der Waals surface area (Å²) in [5, 5.41) is 4.68. The Morgan fingerprint density at radius 2 is 0.815 bits per heavy atom. The maximum atomic E-state index is 6.46. The van der Waals surface area contributed by atoms with Gasteiger partial charge in [-0.25, -0.2) is 0 Å². The Hall–Kier alpha value is -7.16. The van der Waals surface area contributed by atoms with Crippen LogP contribution in [0.1, 0.15) is 0 Å². The normalized spacial score (nSPS) is 11.3. The van der Waals surface area contributed by atoms with Gasteiger partial charge in [0.05, 0.1) is 0 Å². The van der Waals surface area contributed by atoms with Crippen molar-refractivity contribution in [2.24, 2.45) is 0 Å². The van der Waals surface area contributed by atoms with Crippen molar-refractivity contribution in [2.75, 3.05) is 4.90 Å². The van der Waals surface area contributed by atoms with Gasteiger partial charge >= 0.3 is 0 Å². The Balaban J connectivity index is 1.01. The maximum absolute atomic E-state index is 6.46. The van der Waals surface area contributed by atoms with Gasteiger partial charge in [0, 0.05) is 33.4 Å². The molecule has 10 rings (SSSR count). The van der Waals surface area contributed by atoms with E-state index in [2.05, 4.69) is 211 Å². The molecule has 0 saturated carbocycles. The molecular formula is C52H35NO. The van der Waals surface area contributed by atoms with E-state index >= 15 is 0 Å². The lowest BCUT2D eigenvalue weighted by Gasteiger charge is -2.26. The van der Waals surface area contributed by atoms with Crippen molar-refractivity contribution in [2.45, 2.75) is 0 Å². The predicted molar refractivity (Wildman–Crippen MR) is 228 cm³/mol. The van der Waals surface area contributed by atoms with Crippen molar-refractivity contribution in [1.82, 2.24) is 0 Å². The van der Waals surface area contributed by atoms with Gasteiger partial charge in [0.25, 0.3) is 0 Å². The Bertz CT molecular complexity index is 2910. The predicted octanol–water partition coefficient (Wildman–Crippen LogP) is 14.9. The van der Waals surface area contributed by atoms with E-state index in [0.717, 1.165) is 61.3 Å². The lowest BCUT2D eigenvalue weighted by Crippen LogP contribution is -2.09. The van der Waals surface area contributed by atoms with E-state index < -0.39 is 0 Å². The van der Waals surface area contributed by atoms with Crippen molar-refractivity contribution in [3.8, 4) is 44.5 Å². The van der Waals surface area contributed by atoms with Crippen molar-refractivity contribution in [3.05, 3.63) is 212 Å². The van der Waals surface area contributed by atoms with Gasteiger partial charge in [-0.1, -0.05) is 158 Å². The van der Waals surface area contributed by atoms with E-state index in [4.69, 9.17) is 4.42 Å². The molecule has 0 aliphatic heterocycles. The van der Waals surface area contributed by atoms with Gasteiger partial charge in [-0.2, -0.15) is 0 Å². The van der Waals surface area contributed by atoms with Crippen LogP contribution in [0.2, 0.25) is 0 Å². The molecule has 54 heavy (non-hydrogen) atoms. The molecule has 0 N–H and O–H groups in total. The summed E-state index contributed by atoms with van der Waals surface area (Å²) in [6, 6.07) is 75.8. The molecule has 0 spiro atoms. The fourth-order valence-corrected chi connectivity index (χ4v) is 7.70. The van der Waals surface area contributed by atoms with Gasteiger partial charge < -0.3 is 9.32 Å². The second kappa shape index (κ2) is 13.4. The van der Waals surface area contributed by atoms with E-state index in [1.54, 1.807) is 0 Å². The van der Waals surface area contributed by atoms with Crippen molar-refractivity contribution in [1.29, 1.82) is 0 Å². The van der Waals surface area contributed by atoms with Gasteiger partial charge in [0.1, 0.15) is 11.2 Å². The molecule has 0 fully saturated rings. The Kier molecular flexibility index (Phi) is 7.85. The molecule has 2 heteroatoms. The average Bonchev–Trinajstić information content (AvgIpc) is 3.63. The number of para-hydroxylation sites is 1. The Labute approximate surface area is 314 Å². The number of furan rings is 1. The highest BCUT2D eigenvalue weighted by atomic mass is 16.3. The van der Waals surface area contributed by atoms with Crippen LogP contribution in [0.3, 0.4) is 0 Å². The third-order valence-electron chi connectivity index (χ3n) is 10.5. The maximum Gasteiger partial charge on any atom is 0.143 e. The van der Waals surface area contributed by atoms with Gasteiger partial charge in [0.15, 0.2) is 0 Å². The molecule has 9 aromatic carbocycles.